The number of nitrogens with zero attached hydrogens (tertiary/aromatic N) is 2. The van der Waals surface area contributed by atoms with E-state index in [4.69, 9.17) is 20.9 Å². The molecule has 16 heteroatoms. The molecule has 0 spiro atoms. The zero-order chi connectivity index (χ0) is 37.2. The van der Waals surface area contributed by atoms with Crippen LogP contribution in [0.15, 0.2) is 71.5 Å². The summed E-state index contributed by atoms with van der Waals surface area (Å²) in [6.45, 7) is 11.5. The highest BCUT2D eigenvalue weighted by molar-refractivity contribution is 5.98. The highest BCUT2D eigenvalue weighted by Gasteiger charge is 2.21. The highest BCUT2D eigenvalue weighted by atomic mass is 16.5. The summed E-state index contributed by atoms with van der Waals surface area (Å²) in [5, 5.41) is 0.583. The third-order valence-corrected chi connectivity index (χ3v) is 7.55. The van der Waals surface area contributed by atoms with Gasteiger partial charge in [0.25, 0.3) is 22.2 Å². The Kier molecular flexibility index (Phi) is 11.4. The molecular weight excluding hydrogens is 656 g/mol. The van der Waals surface area contributed by atoms with Crippen molar-refractivity contribution in [3.05, 3.63) is 107 Å². The fraction of sp³-hybridized carbons (Fsp3) is 0.412. The van der Waals surface area contributed by atoms with Crippen molar-refractivity contribution in [3.63, 3.8) is 0 Å². The van der Waals surface area contributed by atoms with Crippen molar-refractivity contribution in [1.82, 2.24) is 9.13 Å². The van der Waals surface area contributed by atoms with Crippen molar-refractivity contribution in [2.45, 2.75) is 52.7 Å². The summed E-state index contributed by atoms with van der Waals surface area (Å²) in [6.07, 6.45) is 0. The van der Waals surface area contributed by atoms with Crippen molar-refractivity contribution in [3.8, 4) is 0 Å². The number of rotatable bonds is 9. The second kappa shape index (κ2) is 15.2. The van der Waals surface area contributed by atoms with Crippen molar-refractivity contribution >= 4 is 43.1 Å². The number of hydrogen-bond acceptors (Lipinski definition) is 14. The molecule has 3 unspecified atom stereocenters. The summed E-state index contributed by atoms with van der Waals surface area (Å²) in [7, 11) is 1.37. The molecule has 3 atom stereocenters. The molecule has 0 amide bonds. The first-order valence-corrected chi connectivity index (χ1v) is 15.7. The number of hydrogen-bond donors (Lipinski definition) is 2. The summed E-state index contributed by atoms with van der Waals surface area (Å²) < 4.78 is 21.4. The summed E-state index contributed by atoms with van der Waals surface area (Å²) in [6, 6.07) is 4.80. The van der Waals surface area contributed by atoms with Gasteiger partial charge in [-0.1, -0.05) is 13.8 Å². The fourth-order valence-corrected chi connectivity index (χ4v) is 5.17. The summed E-state index contributed by atoms with van der Waals surface area (Å²) in [5.74, 6) is 0.353. The molecule has 2 aromatic carbocycles. The molecular formula is C34H38N4O12. The second-order valence-electron chi connectivity index (χ2n) is 12.7. The minimum Gasteiger partial charge on any atom is -0.386 e. The maximum absolute atomic E-state index is 12.7. The van der Waals surface area contributed by atoms with Crippen LogP contribution in [0.2, 0.25) is 0 Å². The molecule has 4 heterocycles. The predicted molar refractivity (Wildman–Crippen MR) is 188 cm³/mol. The summed E-state index contributed by atoms with van der Waals surface area (Å²) in [5.41, 5.74) is 5.68. The van der Waals surface area contributed by atoms with Gasteiger partial charge in [-0.15, -0.1) is 0 Å². The molecule has 0 aliphatic rings. The fourth-order valence-electron chi connectivity index (χ4n) is 5.17. The maximum Gasteiger partial charge on any atom is 0.346 e. The van der Waals surface area contributed by atoms with Crippen LogP contribution in [0.4, 0.5) is 0 Å². The molecule has 0 saturated carbocycles. The van der Waals surface area contributed by atoms with Gasteiger partial charge in [0, 0.05) is 25.7 Å². The van der Waals surface area contributed by atoms with E-state index in [1.807, 2.05) is 27.7 Å². The van der Waals surface area contributed by atoms with Gasteiger partial charge in [-0.25, -0.2) is 19.2 Å². The van der Waals surface area contributed by atoms with Gasteiger partial charge in [-0.3, -0.25) is 28.3 Å². The van der Waals surface area contributed by atoms with Crippen molar-refractivity contribution in [2.24, 2.45) is 24.4 Å². The zero-order valence-corrected chi connectivity index (χ0v) is 28.4. The number of benzene rings is 2. The molecule has 0 fully saturated rings. The van der Waals surface area contributed by atoms with Crippen LogP contribution in [0.5, 0.6) is 0 Å². The Morgan fingerprint density at radius 2 is 0.840 bits per heavy atom. The van der Waals surface area contributed by atoms with E-state index in [1.54, 1.807) is 6.92 Å². The van der Waals surface area contributed by atoms with Crippen LogP contribution in [0, 0.1) is 5.92 Å². The Labute approximate surface area is 281 Å². The number of furan rings is 2. The molecule has 0 aliphatic carbocycles. The summed E-state index contributed by atoms with van der Waals surface area (Å²) >= 11 is 0. The van der Waals surface area contributed by atoms with Crippen LogP contribution in [0.3, 0.4) is 0 Å². The zero-order valence-electron chi connectivity index (χ0n) is 28.4. The van der Waals surface area contributed by atoms with Gasteiger partial charge in [-0.2, -0.15) is 0 Å². The number of aromatic nitrogens is 2. The monoisotopic (exact) mass is 694 g/mol. The molecule has 0 aliphatic heterocycles. The molecule has 0 radical (unpaired) electrons. The van der Waals surface area contributed by atoms with Gasteiger partial charge in [-0.05, 0) is 51.0 Å². The lowest BCUT2D eigenvalue weighted by Crippen LogP contribution is -2.31. The first kappa shape index (κ1) is 37.7. The van der Waals surface area contributed by atoms with Gasteiger partial charge in [0.15, 0.2) is 0 Å². The Bertz CT molecular complexity index is 2350. The molecule has 4 N–H and O–H groups in total. The third kappa shape index (κ3) is 7.68. The Morgan fingerprint density at radius 3 is 1.18 bits per heavy atom. The normalized spacial score (nSPS) is 13.5. The van der Waals surface area contributed by atoms with E-state index in [1.165, 1.54) is 19.2 Å². The van der Waals surface area contributed by atoms with E-state index in [2.05, 4.69) is 8.83 Å². The van der Waals surface area contributed by atoms with Crippen molar-refractivity contribution in [2.75, 3.05) is 26.4 Å². The van der Waals surface area contributed by atoms with Gasteiger partial charge in [0.2, 0.25) is 0 Å². The van der Waals surface area contributed by atoms with Crippen LogP contribution in [0.1, 0.15) is 40.7 Å². The largest absolute Gasteiger partial charge is 0.386 e. The number of fused-ring (bicyclic) bond motifs is 4. The van der Waals surface area contributed by atoms with E-state index in [0.717, 1.165) is 21.3 Å². The van der Waals surface area contributed by atoms with E-state index in [9.17, 15) is 38.4 Å². The Morgan fingerprint density at radius 1 is 0.520 bits per heavy atom. The minimum absolute atomic E-state index is 0.0181. The lowest BCUT2D eigenvalue weighted by Gasteiger charge is -2.13. The summed E-state index contributed by atoms with van der Waals surface area (Å²) in [4.78, 5) is 94.2. The van der Waals surface area contributed by atoms with Crippen LogP contribution in [-0.4, -0.2) is 47.6 Å². The van der Waals surface area contributed by atoms with Gasteiger partial charge in [0.05, 0.1) is 69.0 Å². The molecule has 6 rings (SSSR count). The first-order valence-electron chi connectivity index (χ1n) is 15.7. The third-order valence-electron chi connectivity index (χ3n) is 7.55. The molecule has 4 aromatic heterocycles. The quantitative estimate of drug-likeness (QED) is 0.200. The second-order valence-corrected chi connectivity index (χ2v) is 12.7. The molecule has 0 saturated heterocycles. The molecule has 16 nitrogen and oxygen atoms in total. The molecule has 0 bridgehead atoms. The molecule has 6 aromatic rings. The van der Waals surface area contributed by atoms with E-state index in [0.29, 0.717) is 25.7 Å². The number of nitrogens with two attached hydrogens (primary N) is 2. The average Bonchev–Trinajstić information content (AvgIpc) is 3.65. The topological polar surface area (TPSA) is 243 Å². The van der Waals surface area contributed by atoms with Crippen LogP contribution >= 0.6 is 0 Å². The highest BCUT2D eigenvalue weighted by Crippen LogP contribution is 2.16. The average molecular weight is 695 g/mol. The predicted octanol–water partition coefficient (Wildman–Crippen LogP) is -0.124. The van der Waals surface area contributed by atoms with Crippen molar-refractivity contribution < 1.29 is 18.3 Å². The van der Waals surface area contributed by atoms with E-state index in [-0.39, 0.29) is 61.8 Å². The lowest BCUT2D eigenvalue weighted by molar-refractivity contribution is 0.0855. The van der Waals surface area contributed by atoms with Gasteiger partial charge in [0.1, 0.15) is 0 Å². The number of ether oxygens (including phenoxy) is 2. The molecule has 266 valence electrons. The minimum atomic E-state index is -0.824. The van der Waals surface area contributed by atoms with E-state index < -0.39 is 50.8 Å². The SMILES string of the molecule is CC(C)COCC(C)n1c(=O)c2cc3c(=O)n(C)c(=O)c3cc2c1=O.CC(N)COCC(C)N.O=c1oc(=O)c2cc3c(=O)oc(=O)c3cc12. The maximum atomic E-state index is 12.7. The first-order chi connectivity index (χ1) is 23.4. The smallest absolute Gasteiger partial charge is 0.346 e. The van der Waals surface area contributed by atoms with Gasteiger partial charge >= 0.3 is 22.5 Å². The van der Waals surface area contributed by atoms with Crippen LogP contribution in [-0.2, 0) is 16.5 Å². The molecule has 50 heavy (non-hydrogen) atoms. The van der Waals surface area contributed by atoms with Gasteiger partial charge < -0.3 is 29.8 Å². The van der Waals surface area contributed by atoms with Crippen molar-refractivity contribution in [1.29, 1.82) is 0 Å². The Hall–Kier alpha value is -5.16. The Balaban J connectivity index is 0.000000191. The van der Waals surface area contributed by atoms with Crippen LogP contribution < -0.4 is 56.2 Å². The van der Waals surface area contributed by atoms with Crippen LogP contribution in [0.25, 0.3) is 43.1 Å². The lowest BCUT2D eigenvalue weighted by atomic mass is 10.1. The standard InChI is InChI=1S/C18H20N2O5.C10H2O6.C6H16N2O/c1-9(2)7-25-8-10(3)20-17(23)13-5-11-12(6-14(13)18(20)24)16(22)19(4)15(11)21;11-7-3-1-4-6(10(14)16-8(4)12)2-5(3)9(13)15-7;1-5(7)3-9-4-6(2)8/h5-6,9-10H,7-8H2,1-4H3;1-2H;5-6H,3-4,7-8H2,1-2H3. The van der Waals surface area contributed by atoms with E-state index >= 15 is 0 Å².